The lowest BCUT2D eigenvalue weighted by Crippen LogP contribution is -2.41. The molecule has 2 rings (SSSR count). The van der Waals surface area contributed by atoms with E-state index in [4.69, 9.17) is 5.73 Å². The quantitative estimate of drug-likeness (QED) is 0.821. The minimum absolute atomic E-state index is 0.0506. The standard InChI is InChI=1S/C14H21NO/c1-10(2)11-5-3-6-12(13(11)16)14(9-15)7-4-8-14/h3,5-6,10,16H,4,7-9,15H2,1-2H3. The maximum Gasteiger partial charge on any atom is 0.122 e. The molecule has 0 aromatic heterocycles. The molecule has 88 valence electrons. The largest absolute Gasteiger partial charge is 0.507 e. The van der Waals surface area contributed by atoms with Gasteiger partial charge in [0.2, 0.25) is 0 Å². The Morgan fingerprint density at radius 2 is 2.06 bits per heavy atom. The van der Waals surface area contributed by atoms with Crippen LogP contribution in [-0.4, -0.2) is 11.7 Å². The van der Waals surface area contributed by atoms with E-state index in [1.165, 1.54) is 6.42 Å². The Labute approximate surface area is 97.5 Å². The Hall–Kier alpha value is -1.02. The number of rotatable bonds is 3. The fraction of sp³-hybridized carbons (Fsp3) is 0.571. The van der Waals surface area contributed by atoms with Gasteiger partial charge in [-0.1, -0.05) is 38.5 Å². The van der Waals surface area contributed by atoms with Crippen LogP contribution in [0.3, 0.4) is 0 Å². The summed E-state index contributed by atoms with van der Waals surface area (Å²) in [5, 5.41) is 10.3. The summed E-state index contributed by atoms with van der Waals surface area (Å²) >= 11 is 0. The van der Waals surface area contributed by atoms with E-state index in [1.54, 1.807) is 0 Å². The number of nitrogens with two attached hydrogens (primary N) is 1. The van der Waals surface area contributed by atoms with Crippen LogP contribution in [0, 0.1) is 0 Å². The molecule has 3 N–H and O–H groups in total. The van der Waals surface area contributed by atoms with Crippen molar-refractivity contribution in [3.05, 3.63) is 29.3 Å². The van der Waals surface area contributed by atoms with Gasteiger partial charge in [-0.05, 0) is 24.3 Å². The molecule has 0 amide bonds. The first kappa shape index (κ1) is 11.5. The highest BCUT2D eigenvalue weighted by Crippen LogP contribution is 2.47. The van der Waals surface area contributed by atoms with Crippen LogP contribution in [0.25, 0.3) is 0 Å². The molecule has 0 unspecified atom stereocenters. The molecular weight excluding hydrogens is 198 g/mol. The minimum Gasteiger partial charge on any atom is -0.507 e. The Bertz CT molecular complexity index is 375. The van der Waals surface area contributed by atoms with E-state index in [0.717, 1.165) is 24.0 Å². The zero-order valence-electron chi connectivity index (χ0n) is 10.2. The van der Waals surface area contributed by atoms with Crippen LogP contribution in [0.15, 0.2) is 18.2 Å². The van der Waals surface area contributed by atoms with Gasteiger partial charge in [0.05, 0.1) is 0 Å². The van der Waals surface area contributed by atoms with Gasteiger partial charge in [-0.15, -0.1) is 0 Å². The Balaban J connectivity index is 2.45. The van der Waals surface area contributed by atoms with E-state index >= 15 is 0 Å². The molecule has 1 aliphatic carbocycles. The van der Waals surface area contributed by atoms with Crippen molar-refractivity contribution >= 4 is 0 Å². The van der Waals surface area contributed by atoms with Crippen LogP contribution < -0.4 is 5.73 Å². The molecule has 1 aliphatic rings. The highest BCUT2D eigenvalue weighted by molar-refractivity contribution is 5.47. The lowest BCUT2D eigenvalue weighted by atomic mass is 9.64. The second-order valence-electron chi connectivity index (χ2n) is 5.24. The van der Waals surface area contributed by atoms with Gasteiger partial charge in [-0.3, -0.25) is 0 Å². The highest BCUT2D eigenvalue weighted by Gasteiger charge is 2.39. The zero-order chi connectivity index (χ0) is 11.8. The monoisotopic (exact) mass is 219 g/mol. The molecule has 0 saturated heterocycles. The average molecular weight is 219 g/mol. The van der Waals surface area contributed by atoms with Crippen molar-refractivity contribution in [2.24, 2.45) is 5.73 Å². The van der Waals surface area contributed by atoms with Crippen molar-refractivity contribution in [3.63, 3.8) is 0 Å². The Morgan fingerprint density at radius 3 is 2.50 bits per heavy atom. The van der Waals surface area contributed by atoms with E-state index in [-0.39, 0.29) is 5.41 Å². The SMILES string of the molecule is CC(C)c1cccc(C2(CN)CCC2)c1O. The molecule has 0 spiro atoms. The number of benzene rings is 1. The molecule has 0 aliphatic heterocycles. The molecule has 0 bridgehead atoms. The fourth-order valence-electron chi connectivity index (χ4n) is 2.64. The number of hydrogen-bond acceptors (Lipinski definition) is 2. The Kier molecular flexibility index (Phi) is 2.94. The van der Waals surface area contributed by atoms with Crippen LogP contribution in [0.4, 0.5) is 0 Å². The summed E-state index contributed by atoms with van der Waals surface area (Å²) in [6.45, 7) is 4.85. The first-order valence-corrected chi connectivity index (χ1v) is 6.13. The maximum absolute atomic E-state index is 10.3. The lowest BCUT2D eigenvalue weighted by Gasteiger charge is -2.42. The summed E-state index contributed by atoms with van der Waals surface area (Å²) in [7, 11) is 0. The summed E-state index contributed by atoms with van der Waals surface area (Å²) in [4.78, 5) is 0. The topological polar surface area (TPSA) is 46.2 Å². The van der Waals surface area contributed by atoms with Crippen LogP contribution in [0.1, 0.15) is 50.2 Å². The summed E-state index contributed by atoms with van der Waals surface area (Å²) in [6, 6.07) is 6.08. The van der Waals surface area contributed by atoms with E-state index in [0.29, 0.717) is 18.2 Å². The van der Waals surface area contributed by atoms with Crippen molar-refractivity contribution in [2.45, 2.75) is 44.4 Å². The number of phenolic OH excluding ortho intramolecular Hbond substituents is 1. The molecule has 16 heavy (non-hydrogen) atoms. The molecule has 2 heteroatoms. The number of hydrogen-bond donors (Lipinski definition) is 2. The predicted octanol–water partition coefficient (Wildman–Crippen LogP) is 2.90. The summed E-state index contributed by atoms with van der Waals surface area (Å²) in [6.07, 6.45) is 3.44. The fourth-order valence-corrected chi connectivity index (χ4v) is 2.64. The maximum atomic E-state index is 10.3. The lowest BCUT2D eigenvalue weighted by molar-refractivity contribution is 0.244. The van der Waals surface area contributed by atoms with Crippen LogP contribution in [-0.2, 0) is 5.41 Å². The first-order chi connectivity index (χ1) is 7.60. The van der Waals surface area contributed by atoms with Crippen molar-refractivity contribution in [1.29, 1.82) is 0 Å². The van der Waals surface area contributed by atoms with Crippen molar-refractivity contribution in [3.8, 4) is 5.75 Å². The first-order valence-electron chi connectivity index (χ1n) is 6.13. The average Bonchev–Trinajstić information content (AvgIpc) is 2.19. The highest BCUT2D eigenvalue weighted by atomic mass is 16.3. The van der Waals surface area contributed by atoms with E-state index in [9.17, 15) is 5.11 Å². The van der Waals surface area contributed by atoms with Gasteiger partial charge in [-0.25, -0.2) is 0 Å². The molecule has 1 saturated carbocycles. The minimum atomic E-state index is 0.0506. The number of phenols is 1. The van der Waals surface area contributed by atoms with Gasteiger partial charge in [0.25, 0.3) is 0 Å². The third kappa shape index (κ3) is 1.61. The van der Waals surface area contributed by atoms with Gasteiger partial charge in [0.1, 0.15) is 5.75 Å². The normalized spacial score (nSPS) is 18.5. The summed E-state index contributed by atoms with van der Waals surface area (Å²) in [5.74, 6) is 0.831. The van der Waals surface area contributed by atoms with Gasteiger partial charge >= 0.3 is 0 Å². The van der Waals surface area contributed by atoms with Crippen LogP contribution in [0.2, 0.25) is 0 Å². The third-order valence-electron chi connectivity index (χ3n) is 3.96. The van der Waals surface area contributed by atoms with E-state index in [1.807, 2.05) is 18.2 Å². The van der Waals surface area contributed by atoms with Gasteiger partial charge < -0.3 is 10.8 Å². The predicted molar refractivity (Wildman–Crippen MR) is 66.8 cm³/mol. The second kappa shape index (κ2) is 4.10. The smallest absolute Gasteiger partial charge is 0.122 e. The van der Waals surface area contributed by atoms with Crippen LogP contribution >= 0.6 is 0 Å². The van der Waals surface area contributed by atoms with Gasteiger partial charge in [0.15, 0.2) is 0 Å². The zero-order valence-corrected chi connectivity index (χ0v) is 10.2. The molecule has 0 radical (unpaired) electrons. The molecule has 0 heterocycles. The molecule has 1 aromatic carbocycles. The van der Waals surface area contributed by atoms with Gasteiger partial charge in [-0.2, -0.15) is 0 Å². The number of aromatic hydroxyl groups is 1. The number of para-hydroxylation sites is 1. The molecule has 0 atom stereocenters. The molecule has 1 aromatic rings. The molecule has 2 nitrogen and oxygen atoms in total. The summed E-state index contributed by atoms with van der Waals surface area (Å²) < 4.78 is 0. The Morgan fingerprint density at radius 1 is 1.38 bits per heavy atom. The molecule has 1 fully saturated rings. The van der Waals surface area contributed by atoms with E-state index in [2.05, 4.69) is 13.8 Å². The van der Waals surface area contributed by atoms with Crippen molar-refractivity contribution < 1.29 is 5.11 Å². The van der Waals surface area contributed by atoms with Crippen LogP contribution in [0.5, 0.6) is 5.75 Å². The van der Waals surface area contributed by atoms with Gasteiger partial charge in [0, 0.05) is 17.5 Å². The van der Waals surface area contributed by atoms with Crippen molar-refractivity contribution in [2.75, 3.05) is 6.54 Å². The summed E-state index contributed by atoms with van der Waals surface area (Å²) in [5.41, 5.74) is 8.04. The van der Waals surface area contributed by atoms with E-state index < -0.39 is 0 Å². The van der Waals surface area contributed by atoms with Crippen molar-refractivity contribution in [1.82, 2.24) is 0 Å². The second-order valence-corrected chi connectivity index (χ2v) is 5.24. The third-order valence-corrected chi connectivity index (χ3v) is 3.96. The molecular formula is C14H21NO.